The van der Waals surface area contributed by atoms with E-state index in [-0.39, 0.29) is 12.8 Å². The van der Waals surface area contributed by atoms with Gasteiger partial charge in [0.05, 0.1) is 17.3 Å². The Labute approximate surface area is 156 Å². The third-order valence-corrected chi connectivity index (χ3v) is 3.87. The molecule has 4 N–H and O–H groups in total. The zero-order valence-corrected chi connectivity index (χ0v) is 14.6. The van der Waals surface area contributed by atoms with Crippen LogP contribution in [-0.2, 0) is 9.59 Å². The third kappa shape index (κ3) is 6.83. The van der Waals surface area contributed by atoms with Crippen LogP contribution in [0.2, 0.25) is 0 Å². The molecule has 0 aliphatic heterocycles. The molecule has 0 heterocycles. The van der Waals surface area contributed by atoms with Crippen molar-refractivity contribution in [2.75, 3.05) is 0 Å². The Morgan fingerprint density at radius 1 is 0.926 bits per heavy atom. The summed E-state index contributed by atoms with van der Waals surface area (Å²) in [5.74, 6) is -3.11. The van der Waals surface area contributed by atoms with Gasteiger partial charge in [0.25, 0.3) is 0 Å². The monoisotopic (exact) mass is 367 g/mol. The van der Waals surface area contributed by atoms with E-state index in [1.54, 1.807) is 24.3 Å². The number of rotatable bonds is 9. The zero-order valence-electron chi connectivity index (χ0n) is 14.6. The molecule has 0 aliphatic rings. The number of nitrogens with two attached hydrogens (primary N) is 1. The second kappa shape index (κ2) is 9.98. The first-order chi connectivity index (χ1) is 13.0. The Kier molecular flexibility index (Phi) is 7.39. The van der Waals surface area contributed by atoms with Gasteiger partial charge in [-0.15, -0.1) is 0 Å². The summed E-state index contributed by atoms with van der Waals surface area (Å²) in [5, 5.41) is 26.3. The molecule has 0 amide bonds. The van der Waals surface area contributed by atoms with Crippen LogP contribution in [0, 0.1) is 5.92 Å². The predicted octanol–water partition coefficient (Wildman–Crippen LogP) is 4.01. The van der Waals surface area contributed by atoms with E-state index >= 15 is 0 Å². The Balaban J connectivity index is 1.93. The summed E-state index contributed by atoms with van der Waals surface area (Å²) in [6, 6.07) is 15.5. The Morgan fingerprint density at radius 2 is 1.52 bits per heavy atom. The van der Waals surface area contributed by atoms with E-state index in [4.69, 9.17) is 10.8 Å². The summed E-state index contributed by atoms with van der Waals surface area (Å²) in [4.78, 5) is 22.0. The van der Waals surface area contributed by atoms with Gasteiger partial charge in [0.1, 0.15) is 6.04 Å². The molecule has 27 heavy (non-hydrogen) atoms. The van der Waals surface area contributed by atoms with Gasteiger partial charge >= 0.3 is 11.9 Å². The van der Waals surface area contributed by atoms with E-state index < -0.39 is 23.9 Å². The standard InChI is InChI=1S/C20H21N3O4/c21-18(20(26)27)13-15(19(24)25)6-4-5-14-9-11-17(12-10-14)23-22-16-7-2-1-3-8-16/h1-5,7-12,15,18H,6,13,21H2,(H,24,25)(H,26,27)/t15-,18+/m1/s1. The summed E-state index contributed by atoms with van der Waals surface area (Å²) in [5.41, 5.74) is 7.76. The Morgan fingerprint density at radius 3 is 2.07 bits per heavy atom. The summed E-state index contributed by atoms with van der Waals surface area (Å²) in [6.07, 6.45) is 3.56. The minimum atomic E-state index is -1.20. The van der Waals surface area contributed by atoms with Crippen molar-refractivity contribution in [1.82, 2.24) is 0 Å². The number of hydrogen-bond donors (Lipinski definition) is 3. The SMILES string of the molecule is N[C@@H](C[C@@H](CC=Cc1ccc(N=Nc2ccccc2)cc1)C(=O)O)C(=O)O. The highest BCUT2D eigenvalue weighted by molar-refractivity contribution is 5.76. The van der Waals surface area contributed by atoms with Crippen LogP contribution in [0.5, 0.6) is 0 Å². The molecule has 2 aromatic carbocycles. The fourth-order valence-corrected chi connectivity index (χ4v) is 2.34. The number of carbonyl (C=O) groups is 2. The molecule has 0 aliphatic carbocycles. The van der Waals surface area contributed by atoms with Crippen LogP contribution in [0.15, 0.2) is 70.9 Å². The van der Waals surface area contributed by atoms with Crippen LogP contribution < -0.4 is 5.73 Å². The molecule has 0 fully saturated rings. The third-order valence-electron chi connectivity index (χ3n) is 3.87. The van der Waals surface area contributed by atoms with E-state index in [1.807, 2.05) is 42.5 Å². The maximum atomic E-state index is 11.2. The maximum absolute atomic E-state index is 11.2. The molecular weight excluding hydrogens is 346 g/mol. The van der Waals surface area contributed by atoms with Gasteiger partial charge in [0.2, 0.25) is 0 Å². The number of hydrogen-bond acceptors (Lipinski definition) is 5. The van der Waals surface area contributed by atoms with Crippen molar-refractivity contribution in [3.05, 3.63) is 66.2 Å². The van der Waals surface area contributed by atoms with E-state index in [0.29, 0.717) is 5.69 Å². The van der Waals surface area contributed by atoms with Gasteiger partial charge < -0.3 is 15.9 Å². The van der Waals surface area contributed by atoms with Crippen molar-refractivity contribution < 1.29 is 19.8 Å². The number of azo groups is 1. The number of carboxylic acids is 2. The van der Waals surface area contributed by atoms with Gasteiger partial charge in [-0.3, -0.25) is 9.59 Å². The Hall–Kier alpha value is -3.32. The molecule has 0 aromatic heterocycles. The van der Waals surface area contributed by atoms with Gasteiger partial charge in [-0.25, -0.2) is 0 Å². The molecule has 0 unspecified atom stereocenters. The minimum Gasteiger partial charge on any atom is -0.481 e. The van der Waals surface area contributed by atoms with E-state index in [0.717, 1.165) is 11.3 Å². The molecule has 0 radical (unpaired) electrons. The van der Waals surface area contributed by atoms with Crippen molar-refractivity contribution in [2.45, 2.75) is 18.9 Å². The average Bonchev–Trinajstić information content (AvgIpc) is 2.67. The lowest BCUT2D eigenvalue weighted by molar-refractivity contribution is -0.143. The van der Waals surface area contributed by atoms with E-state index in [1.165, 1.54) is 0 Å². The van der Waals surface area contributed by atoms with Gasteiger partial charge in [-0.05, 0) is 42.7 Å². The molecule has 2 rings (SSSR count). The number of benzene rings is 2. The lowest BCUT2D eigenvalue weighted by Gasteiger charge is -2.12. The smallest absolute Gasteiger partial charge is 0.320 e. The van der Waals surface area contributed by atoms with Crippen molar-refractivity contribution in [1.29, 1.82) is 0 Å². The summed E-state index contributed by atoms with van der Waals surface area (Å²) in [7, 11) is 0. The second-order valence-corrected chi connectivity index (χ2v) is 5.98. The van der Waals surface area contributed by atoms with Gasteiger partial charge in [-0.1, -0.05) is 42.5 Å². The van der Waals surface area contributed by atoms with E-state index in [9.17, 15) is 14.7 Å². The number of allylic oxidation sites excluding steroid dienone is 1. The van der Waals surface area contributed by atoms with Gasteiger partial charge in [0.15, 0.2) is 0 Å². The summed E-state index contributed by atoms with van der Waals surface area (Å²) < 4.78 is 0. The molecule has 0 saturated carbocycles. The summed E-state index contributed by atoms with van der Waals surface area (Å²) in [6.45, 7) is 0. The van der Waals surface area contributed by atoms with Crippen molar-refractivity contribution in [2.24, 2.45) is 21.9 Å². The second-order valence-electron chi connectivity index (χ2n) is 5.98. The highest BCUT2D eigenvalue weighted by atomic mass is 16.4. The number of nitrogens with zero attached hydrogens (tertiary/aromatic N) is 2. The first-order valence-electron chi connectivity index (χ1n) is 8.40. The Bertz CT molecular complexity index is 817. The molecule has 0 bridgehead atoms. The molecule has 0 saturated heterocycles. The van der Waals surface area contributed by atoms with Crippen LogP contribution in [0.4, 0.5) is 11.4 Å². The quantitative estimate of drug-likeness (QED) is 0.577. The van der Waals surface area contributed by atoms with Crippen molar-refractivity contribution in [3.8, 4) is 0 Å². The normalized spacial score (nSPS) is 13.7. The first-order valence-corrected chi connectivity index (χ1v) is 8.40. The lowest BCUT2D eigenvalue weighted by atomic mass is 9.96. The minimum absolute atomic E-state index is 0.117. The topological polar surface area (TPSA) is 125 Å². The highest BCUT2D eigenvalue weighted by Crippen LogP contribution is 2.19. The molecular formula is C20H21N3O4. The van der Waals surface area contributed by atoms with Gasteiger partial charge in [0, 0.05) is 0 Å². The van der Waals surface area contributed by atoms with E-state index in [2.05, 4.69) is 10.2 Å². The fourth-order valence-electron chi connectivity index (χ4n) is 2.34. The number of carboxylic acid groups (broad SMARTS) is 2. The summed E-state index contributed by atoms with van der Waals surface area (Å²) >= 11 is 0. The molecule has 7 heteroatoms. The lowest BCUT2D eigenvalue weighted by Crippen LogP contribution is -2.34. The molecule has 0 spiro atoms. The van der Waals surface area contributed by atoms with Crippen molar-refractivity contribution in [3.63, 3.8) is 0 Å². The number of aliphatic carboxylic acids is 2. The first kappa shape index (κ1) is 20.0. The molecule has 140 valence electrons. The highest BCUT2D eigenvalue weighted by Gasteiger charge is 2.23. The van der Waals surface area contributed by atoms with Crippen LogP contribution in [0.3, 0.4) is 0 Å². The van der Waals surface area contributed by atoms with Crippen LogP contribution in [-0.4, -0.2) is 28.2 Å². The molecule has 2 atom stereocenters. The zero-order chi connectivity index (χ0) is 19.6. The largest absolute Gasteiger partial charge is 0.481 e. The fraction of sp³-hybridized carbons (Fsp3) is 0.200. The molecule has 7 nitrogen and oxygen atoms in total. The van der Waals surface area contributed by atoms with Crippen LogP contribution in [0.1, 0.15) is 18.4 Å². The van der Waals surface area contributed by atoms with Crippen LogP contribution in [0.25, 0.3) is 6.08 Å². The maximum Gasteiger partial charge on any atom is 0.320 e. The molecule has 2 aromatic rings. The van der Waals surface area contributed by atoms with Crippen LogP contribution >= 0.6 is 0 Å². The average molecular weight is 367 g/mol. The predicted molar refractivity (Wildman–Crippen MR) is 102 cm³/mol. The van der Waals surface area contributed by atoms with Gasteiger partial charge in [-0.2, -0.15) is 10.2 Å². The van der Waals surface area contributed by atoms with Crippen molar-refractivity contribution >= 4 is 29.4 Å².